The molecule has 0 saturated heterocycles. The lowest BCUT2D eigenvalue weighted by atomic mass is 9.91. The molecule has 1 aromatic carbocycles. The fraction of sp³-hybridized carbons (Fsp3) is 0.538. The van der Waals surface area contributed by atoms with Gasteiger partial charge in [0.2, 0.25) is 0 Å². The van der Waals surface area contributed by atoms with Crippen molar-refractivity contribution in [1.82, 2.24) is 0 Å². The van der Waals surface area contributed by atoms with Crippen LogP contribution < -0.4 is 4.74 Å². The Kier molecular flexibility index (Phi) is 10.7. The van der Waals surface area contributed by atoms with Crippen LogP contribution >= 0.6 is 0 Å². The standard InChI is InChI=1S/C26H33F3O4/c1-19(2)33-25(31)14-6-4-3-5-13-23-20(15-16-24(23)30)10-7-8-17-32-22-12-9-11-21(18-22)26(27,28)29/h3,5,7,9-12,18-20,23H,4,6,8,13-17H2,1-2H3/b5-3-,10-7+/t20?,23-/m1/s1. The van der Waals surface area contributed by atoms with Gasteiger partial charge in [0.05, 0.1) is 18.3 Å². The lowest BCUT2D eigenvalue weighted by molar-refractivity contribution is -0.147. The van der Waals surface area contributed by atoms with Crippen LogP contribution in [0.15, 0.2) is 48.6 Å². The third kappa shape index (κ3) is 9.84. The Labute approximate surface area is 193 Å². The van der Waals surface area contributed by atoms with Crippen LogP contribution in [0.5, 0.6) is 5.75 Å². The summed E-state index contributed by atoms with van der Waals surface area (Å²) < 4.78 is 48.8. The van der Waals surface area contributed by atoms with Gasteiger partial charge in [-0.05, 0) is 70.1 Å². The first-order valence-electron chi connectivity index (χ1n) is 11.5. The zero-order valence-electron chi connectivity index (χ0n) is 19.3. The Morgan fingerprint density at radius 3 is 2.70 bits per heavy atom. The minimum atomic E-state index is -4.39. The minimum absolute atomic E-state index is 0.0483. The van der Waals surface area contributed by atoms with E-state index in [9.17, 15) is 22.8 Å². The predicted molar refractivity (Wildman–Crippen MR) is 121 cm³/mol. The SMILES string of the molecule is CC(C)OC(=O)CCC/C=C\C[C@H]1C(=O)CCC1/C=C/CCOc1cccc(C(F)(F)F)c1. The van der Waals surface area contributed by atoms with E-state index in [1.165, 1.54) is 12.1 Å². The molecule has 0 N–H and O–H groups in total. The van der Waals surface area contributed by atoms with Gasteiger partial charge in [-0.3, -0.25) is 9.59 Å². The summed E-state index contributed by atoms with van der Waals surface area (Å²) in [6, 6.07) is 4.84. The highest BCUT2D eigenvalue weighted by Gasteiger charge is 2.32. The molecule has 1 saturated carbocycles. The van der Waals surface area contributed by atoms with Crippen molar-refractivity contribution < 1.29 is 32.2 Å². The highest BCUT2D eigenvalue weighted by atomic mass is 19.4. The maximum Gasteiger partial charge on any atom is 0.416 e. The molecule has 1 aliphatic carbocycles. The molecule has 2 rings (SSSR count). The van der Waals surface area contributed by atoms with Crippen molar-refractivity contribution >= 4 is 11.8 Å². The Morgan fingerprint density at radius 2 is 1.97 bits per heavy atom. The van der Waals surface area contributed by atoms with Crippen LogP contribution in [0.2, 0.25) is 0 Å². The lowest BCUT2D eigenvalue weighted by Crippen LogP contribution is -2.12. The molecule has 0 aliphatic heterocycles. The average Bonchev–Trinajstić information content (AvgIpc) is 3.09. The Balaban J connectivity index is 1.71. The normalized spacial score (nSPS) is 19.2. The molecule has 1 aliphatic rings. The number of carbonyl (C=O) groups excluding carboxylic acids is 2. The molecular formula is C26H33F3O4. The molecule has 0 amide bonds. The molecule has 182 valence electrons. The van der Waals surface area contributed by atoms with Gasteiger partial charge in [-0.2, -0.15) is 13.2 Å². The number of esters is 1. The molecular weight excluding hydrogens is 433 g/mol. The molecule has 4 nitrogen and oxygen atoms in total. The summed E-state index contributed by atoms with van der Waals surface area (Å²) >= 11 is 0. The van der Waals surface area contributed by atoms with E-state index in [1.54, 1.807) is 0 Å². The van der Waals surface area contributed by atoms with E-state index >= 15 is 0 Å². The second-order valence-corrected chi connectivity index (χ2v) is 8.50. The van der Waals surface area contributed by atoms with E-state index in [1.807, 2.05) is 38.2 Å². The summed E-state index contributed by atoms with van der Waals surface area (Å²) in [5, 5.41) is 0. The number of rotatable bonds is 12. The molecule has 7 heteroatoms. The number of unbranched alkanes of at least 4 members (excludes halogenated alkanes) is 1. The number of hydrogen-bond acceptors (Lipinski definition) is 4. The summed E-state index contributed by atoms with van der Waals surface area (Å²) in [5.41, 5.74) is -0.730. The molecule has 0 heterocycles. The highest BCUT2D eigenvalue weighted by molar-refractivity contribution is 5.83. The van der Waals surface area contributed by atoms with E-state index < -0.39 is 11.7 Å². The first-order chi connectivity index (χ1) is 15.7. The fourth-order valence-electron chi connectivity index (χ4n) is 3.80. The van der Waals surface area contributed by atoms with Crippen LogP contribution in [0.25, 0.3) is 0 Å². The van der Waals surface area contributed by atoms with Crippen molar-refractivity contribution in [1.29, 1.82) is 0 Å². The molecule has 0 bridgehead atoms. The quantitative estimate of drug-likeness (QED) is 0.196. The number of benzene rings is 1. The van der Waals surface area contributed by atoms with Crippen LogP contribution in [0.3, 0.4) is 0 Å². The summed E-state index contributed by atoms with van der Waals surface area (Å²) in [6.07, 6.45) is 7.97. The van der Waals surface area contributed by atoms with Gasteiger partial charge < -0.3 is 9.47 Å². The van der Waals surface area contributed by atoms with Gasteiger partial charge in [-0.1, -0.05) is 30.4 Å². The van der Waals surface area contributed by atoms with Crippen molar-refractivity contribution in [3.8, 4) is 5.75 Å². The summed E-state index contributed by atoms with van der Waals surface area (Å²) in [5.74, 6) is 0.376. The van der Waals surface area contributed by atoms with Crippen molar-refractivity contribution in [2.75, 3.05) is 6.61 Å². The molecule has 1 aromatic rings. The second kappa shape index (κ2) is 13.2. The molecule has 1 unspecified atom stereocenters. The van der Waals surface area contributed by atoms with Crippen LogP contribution in [-0.4, -0.2) is 24.5 Å². The first-order valence-corrected chi connectivity index (χ1v) is 11.5. The summed E-state index contributed by atoms with van der Waals surface area (Å²) in [4.78, 5) is 23.7. The number of alkyl halides is 3. The maximum absolute atomic E-state index is 12.8. The zero-order valence-corrected chi connectivity index (χ0v) is 19.3. The number of allylic oxidation sites excluding steroid dienone is 3. The molecule has 33 heavy (non-hydrogen) atoms. The van der Waals surface area contributed by atoms with Gasteiger partial charge in [0, 0.05) is 18.8 Å². The average molecular weight is 467 g/mol. The van der Waals surface area contributed by atoms with Gasteiger partial charge >= 0.3 is 12.1 Å². The number of ketones is 1. The Bertz CT molecular complexity index is 827. The number of halogens is 3. The Hall–Kier alpha value is -2.57. The van der Waals surface area contributed by atoms with Crippen molar-refractivity contribution in [3.05, 3.63) is 54.1 Å². The number of ether oxygens (including phenoxy) is 2. The largest absolute Gasteiger partial charge is 0.493 e. The van der Waals surface area contributed by atoms with E-state index in [-0.39, 0.29) is 42.0 Å². The van der Waals surface area contributed by atoms with Gasteiger partial charge in [-0.15, -0.1) is 0 Å². The van der Waals surface area contributed by atoms with Crippen molar-refractivity contribution in [2.24, 2.45) is 11.8 Å². The fourth-order valence-corrected chi connectivity index (χ4v) is 3.80. The number of carbonyl (C=O) groups is 2. The third-order valence-electron chi connectivity index (χ3n) is 5.43. The molecule has 2 atom stereocenters. The van der Waals surface area contributed by atoms with Gasteiger partial charge in [0.25, 0.3) is 0 Å². The molecule has 1 fully saturated rings. The van der Waals surface area contributed by atoms with E-state index in [0.29, 0.717) is 25.7 Å². The topological polar surface area (TPSA) is 52.6 Å². The predicted octanol–water partition coefficient (Wildman–Crippen LogP) is 6.69. The Morgan fingerprint density at radius 1 is 1.18 bits per heavy atom. The van der Waals surface area contributed by atoms with Crippen LogP contribution in [0.1, 0.15) is 64.4 Å². The van der Waals surface area contributed by atoms with Crippen LogP contribution in [-0.2, 0) is 20.5 Å². The molecule has 0 radical (unpaired) electrons. The molecule has 0 aromatic heterocycles. The lowest BCUT2D eigenvalue weighted by Gasteiger charge is -2.13. The monoisotopic (exact) mass is 466 g/mol. The van der Waals surface area contributed by atoms with E-state index in [2.05, 4.69) is 0 Å². The van der Waals surface area contributed by atoms with Crippen LogP contribution in [0, 0.1) is 11.8 Å². The van der Waals surface area contributed by atoms with E-state index in [0.717, 1.165) is 31.4 Å². The summed E-state index contributed by atoms with van der Waals surface area (Å²) in [7, 11) is 0. The van der Waals surface area contributed by atoms with Gasteiger partial charge in [0.15, 0.2) is 0 Å². The highest BCUT2D eigenvalue weighted by Crippen LogP contribution is 2.33. The molecule has 0 spiro atoms. The van der Waals surface area contributed by atoms with Crippen molar-refractivity contribution in [3.63, 3.8) is 0 Å². The summed E-state index contributed by atoms with van der Waals surface area (Å²) in [6.45, 7) is 3.91. The van der Waals surface area contributed by atoms with Crippen LogP contribution in [0.4, 0.5) is 13.2 Å². The number of Topliss-reactive ketones (excluding diaryl/α,β-unsaturated/α-hetero) is 1. The third-order valence-corrected chi connectivity index (χ3v) is 5.43. The zero-order chi connectivity index (χ0) is 24.3. The number of hydrogen-bond donors (Lipinski definition) is 0. The minimum Gasteiger partial charge on any atom is -0.493 e. The second-order valence-electron chi connectivity index (χ2n) is 8.50. The van der Waals surface area contributed by atoms with Gasteiger partial charge in [0.1, 0.15) is 11.5 Å². The smallest absolute Gasteiger partial charge is 0.416 e. The van der Waals surface area contributed by atoms with E-state index in [4.69, 9.17) is 9.47 Å². The first kappa shape index (κ1) is 26.7. The van der Waals surface area contributed by atoms with Gasteiger partial charge in [-0.25, -0.2) is 0 Å². The maximum atomic E-state index is 12.8. The van der Waals surface area contributed by atoms with Crippen molar-refractivity contribution in [2.45, 2.75) is 71.1 Å².